The summed E-state index contributed by atoms with van der Waals surface area (Å²) in [5.41, 5.74) is 3.43. The molecule has 1 N–H and O–H groups in total. The third kappa shape index (κ3) is 6.63. The van der Waals surface area contributed by atoms with Crippen molar-refractivity contribution in [3.05, 3.63) is 82.6 Å². The van der Waals surface area contributed by atoms with Gasteiger partial charge in [-0.05, 0) is 88.2 Å². The number of nitrogens with one attached hydrogen (secondary N) is 1. The van der Waals surface area contributed by atoms with E-state index in [9.17, 15) is 9.18 Å². The van der Waals surface area contributed by atoms with Crippen LogP contribution in [-0.2, 0) is 9.53 Å². The standard InChI is InChI=1S/C25H23BrFN3O3/c26-23-15-18(16-28-20-6-8-22(9-7-20)30-11-13-32-14-12-30)1-10-24(23)33-17-25(31)29-21-4-2-19(27)3-5-21/h1-10,15-16H,11-14,17H2,(H,29,31). The van der Waals surface area contributed by atoms with E-state index < -0.39 is 0 Å². The number of aliphatic imine (C=N–C) groups is 1. The summed E-state index contributed by atoms with van der Waals surface area (Å²) in [6.45, 7) is 3.15. The van der Waals surface area contributed by atoms with Gasteiger partial charge in [-0.15, -0.1) is 0 Å². The smallest absolute Gasteiger partial charge is 0.262 e. The van der Waals surface area contributed by atoms with Crippen LogP contribution >= 0.6 is 15.9 Å². The molecule has 0 unspecified atom stereocenters. The Morgan fingerprint density at radius 1 is 1.09 bits per heavy atom. The highest BCUT2D eigenvalue weighted by Gasteiger charge is 2.11. The number of benzene rings is 3. The number of ether oxygens (including phenoxy) is 2. The zero-order chi connectivity index (χ0) is 23.0. The number of amides is 1. The van der Waals surface area contributed by atoms with E-state index in [2.05, 4.69) is 43.3 Å². The summed E-state index contributed by atoms with van der Waals surface area (Å²) >= 11 is 3.48. The molecule has 3 aromatic rings. The molecule has 1 aliphatic heterocycles. The zero-order valence-corrected chi connectivity index (χ0v) is 19.4. The molecule has 170 valence electrons. The van der Waals surface area contributed by atoms with E-state index in [1.807, 2.05) is 24.3 Å². The van der Waals surface area contributed by atoms with Crippen LogP contribution in [0, 0.1) is 5.82 Å². The van der Waals surface area contributed by atoms with Crippen LogP contribution in [0.15, 0.2) is 76.2 Å². The summed E-state index contributed by atoms with van der Waals surface area (Å²) in [6.07, 6.45) is 1.78. The molecule has 1 saturated heterocycles. The predicted molar refractivity (Wildman–Crippen MR) is 131 cm³/mol. The highest BCUT2D eigenvalue weighted by Crippen LogP contribution is 2.26. The van der Waals surface area contributed by atoms with Crippen molar-refractivity contribution in [1.29, 1.82) is 0 Å². The highest BCUT2D eigenvalue weighted by molar-refractivity contribution is 9.10. The van der Waals surface area contributed by atoms with Crippen molar-refractivity contribution in [1.82, 2.24) is 0 Å². The number of carbonyl (C=O) groups is 1. The molecule has 1 heterocycles. The Labute approximate surface area is 200 Å². The van der Waals surface area contributed by atoms with Crippen LogP contribution in [-0.4, -0.2) is 45.0 Å². The van der Waals surface area contributed by atoms with Crippen molar-refractivity contribution >= 4 is 45.1 Å². The van der Waals surface area contributed by atoms with Gasteiger partial charge in [0.2, 0.25) is 0 Å². The summed E-state index contributed by atoms with van der Waals surface area (Å²) in [7, 11) is 0. The molecule has 8 heteroatoms. The molecule has 6 nitrogen and oxygen atoms in total. The van der Waals surface area contributed by atoms with Gasteiger partial charge in [-0.2, -0.15) is 0 Å². The van der Waals surface area contributed by atoms with Crippen LogP contribution in [0.3, 0.4) is 0 Å². The quantitative estimate of drug-likeness (QED) is 0.443. The van der Waals surface area contributed by atoms with Gasteiger partial charge < -0.3 is 19.7 Å². The lowest BCUT2D eigenvalue weighted by molar-refractivity contribution is -0.118. The first-order valence-electron chi connectivity index (χ1n) is 10.5. The molecule has 33 heavy (non-hydrogen) atoms. The van der Waals surface area contributed by atoms with Crippen molar-refractivity contribution < 1.29 is 18.7 Å². The van der Waals surface area contributed by atoms with Crippen LogP contribution in [0.5, 0.6) is 5.75 Å². The van der Waals surface area contributed by atoms with Crippen LogP contribution in [0.25, 0.3) is 0 Å². The number of anilines is 2. The van der Waals surface area contributed by atoms with E-state index in [-0.39, 0.29) is 18.3 Å². The molecule has 0 aromatic heterocycles. The van der Waals surface area contributed by atoms with Crippen molar-refractivity contribution in [3.8, 4) is 5.75 Å². The van der Waals surface area contributed by atoms with Gasteiger partial charge in [0.25, 0.3) is 5.91 Å². The normalized spacial score (nSPS) is 13.8. The Kier molecular flexibility index (Phi) is 7.70. The largest absolute Gasteiger partial charge is 0.483 e. The minimum absolute atomic E-state index is 0.168. The second kappa shape index (κ2) is 11.1. The van der Waals surface area contributed by atoms with Gasteiger partial charge in [-0.1, -0.05) is 0 Å². The van der Waals surface area contributed by atoms with E-state index in [0.29, 0.717) is 15.9 Å². The van der Waals surface area contributed by atoms with E-state index >= 15 is 0 Å². The maximum Gasteiger partial charge on any atom is 0.262 e. The van der Waals surface area contributed by atoms with Gasteiger partial charge in [0.05, 0.1) is 23.4 Å². The highest BCUT2D eigenvalue weighted by atomic mass is 79.9. The third-order valence-electron chi connectivity index (χ3n) is 5.03. The first-order chi connectivity index (χ1) is 16.1. The molecule has 1 aliphatic rings. The number of carbonyl (C=O) groups excluding carboxylic acids is 1. The molecule has 0 bridgehead atoms. The number of nitrogens with zero attached hydrogens (tertiary/aromatic N) is 2. The molecule has 0 spiro atoms. The Morgan fingerprint density at radius 2 is 1.82 bits per heavy atom. The van der Waals surface area contributed by atoms with Crippen LogP contribution in [0.4, 0.5) is 21.5 Å². The molecular formula is C25H23BrFN3O3. The van der Waals surface area contributed by atoms with Gasteiger partial charge in [0, 0.05) is 30.7 Å². The number of hydrogen-bond donors (Lipinski definition) is 1. The Bertz CT molecular complexity index is 1110. The van der Waals surface area contributed by atoms with E-state index in [1.54, 1.807) is 12.3 Å². The van der Waals surface area contributed by atoms with E-state index in [0.717, 1.165) is 37.6 Å². The average molecular weight is 512 g/mol. The molecular weight excluding hydrogens is 489 g/mol. The van der Waals surface area contributed by atoms with Crippen molar-refractivity contribution in [2.45, 2.75) is 0 Å². The van der Waals surface area contributed by atoms with Crippen LogP contribution < -0.4 is 15.0 Å². The lowest BCUT2D eigenvalue weighted by Gasteiger charge is -2.28. The fourth-order valence-electron chi connectivity index (χ4n) is 3.31. The van der Waals surface area contributed by atoms with E-state index in [4.69, 9.17) is 9.47 Å². The topological polar surface area (TPSA) is 63.2 Å². The number of morpholine rings is 1. The zero-order valence-electron chi connectivity index (χ0n) is 17.8. The minimum atomic E-state index is -0.359. The third-order valence-corrected chi connectivity index (χ3v) is 5.65. The summed E-state index contributed by atoms with van der Waals surface area (Å²) in [4.78, 5) is 18.9. The summed E-state index contributed by atoms with van der Waals surface area (Å²) in [6, 6.07) is 19.2. The maximum absolute atomic E-state index is 13.0. The predicted octanol–water partition coefficient (Wildman–Crippen LogP) is 5.19. The monoisotopic (exact) mass is 511 g/mol. The molecule has 4 rings (SSSR count). The van der Waals surface area contributed by atoms with Crippen molar-refractivity contribution in [2.75, 3.05) is 43.1 Å². The minimum Gasteiger partial charge on any atom is -0.483 e. The van der Waals surface area contributed by atoms with Gasteiger partial charge in [0.1, 0.15) is 11.6 Å². The Balaban J connectivity index is 1.31. The lowest BCUT2D eigenvalue weighted by Crippen LogP contribution is -2.36. The fourth-order valence-corrected chi connectivity index (χ4v) is 3.82. The molecule has 0 saturated carbocycles. The second-order valence-electron chi connectivity index (χ2n) is 7.41. The first kappa shape index (κ1) is 22.9. The van der Waals surface area contributed by atoms with Crippen LogP contribution in [0.1, 0.15) is 5.56 Å². The van der Waals surface area contributed by atoms with Gasteiger partial charge in [-0.25, -0.2) is 4.39 Å². The van der Waals surface area contributed by atoms with Gasteiger partial charge >= 0.3 is 0 Å². The van der Waals surface area contributed by atoms with Crippen molar-refractivity contribution in [3.63, 3.8) is 0 Å². The van der Waals surface area contributed by atoms with Gasteiger partial charge in [0.15, 0.2) is 6.61 Å². The number of rotatable bonds is 7. The first-order valence-corrected chi connectivity index (χ1v) is 11.3. The molecule has 0 radical (unpaired) electrons. The van der Waals surface area contributed by atoms with E-state index in [1.165, 1.54) is 30.0 Å². The molecule has 3 aromatic carbocycles. The molecule has 0 atom stereocenters. The van der Waals surface area contributed by atoms with Crippen LogP contribution in [0.2, 0.25) is 0 Å². The van der Waals surface area contributed by atoms with Gasteiger partial charge in [-0.3, -0.25) is 9.79 Å². The summed E-state index contributed by atoms with van der Waals surface area (Å²) < 4.78 is 24.7. The second-order valence-corrected chi connectivity index (χ2v) is 8.26. The Morgan fingerprint density at radius 3 is 2.52 bits per heavy atom. The fraction of sp³-hybridized carbons (Fsp3) is 0.200. The molecule has 0 aliphatic carbocycles. The number of halogens is 2. The maximum atomic E-state index is 13.0. The van der Waals surface area contributed by atoms with Crippen molar-refractivity contribution in [2.24, 2.45) is 4.99 Å². The summed E-state index contributed by atoms with van der Waals surface area (Å²) in [5, 5.41) is 2.66. The SMILES string of the molecule is O=C(COc1ccc(C=Nc2ccc(N3CCOCC3)cc2)cc1Br)Nc1ccc(F)cc1. The number of hydrogen-bond acceptors (Lipinski definition) is 5. The average Bonchev–Trinajstić information content (AvgIpc) is 2.84. The Hall–Kier alpha value is -3.23. The summed E-state index contributed by atoms with van der Waals surface area (Å²) in [5.74, 6) is -0.155. The molecule has 1 fully saturated rings. The lowest BCUT2D eigenvalue weighted by atomic mass is 10.2. The molecule has 1 amide bonds.